The van der Waals surface area contributed by atoms with E-state index in [1.54, 1.807) is 0 Å². The average Bonchev–Trinajstić information content (AvgIpc) is 2.90. The molecule has 2 rings (SSSR count). The van der Waals surface area contributed by atoms with Gasteiger partial charge in [0.1, 0.15) is 12.4 Å². The molecule has 0 bridgehead atoms. The molecule has 22 heavy (non-hydrogen) atoms. The van der Waals surface area contributed by atoms with Crippen molar-refractivity contribution in [3.63, 3.8) is 0 Å². The van der Waals surface area contributed by atoms with E-state index in [1.807, 2.05) is 4.84 Å². The van der Waals surface area contributed by atoms with Crippen LogP contribution >= 0.6 is 24.6 Å². The maximum Gasteiger partial charge on any atom is 0.387 e. The summed E-state index contributed by atoms with van der Waals surface area (Å²) in [5, 5.41) is 3.85. The van der Waals surface area contributed by atoms with Gasteiger partial charge in [0.15, 0.2) is 0 Å². The van der Waals surface area contributed by atoms with E-state index in [1.165, 1.54) is 34.5 Å². The third kappa shape index (κ3) is 4.01. The maximum absolute atomic E-state index is 12.5. The Labute approximate surface area is 134 Å². The standard InChI is InChI=1S/C12H10ClF2N3O3S/c13-16-11(19)7-2-1-3-9(21-12(14)15)8(7)6-20-10-4-5-18(22)17-10/h1-5,12,22H,6H2,(H,16,19). The zero-order valence-corrected chi connectivity index (χ0v) is 12.5. The Morgan fingerprint density at radius 3 is 2.82 bits per heavy atom. The molecule has 0 aliphatic heterocycles. The first-order valence-electron chi connectivity index (χ1n) is 5.86. The lowest BCUT2D eigenvalue weighted by Gasteiger charge is -2.14. The van der Waals surface area contributed by atoms with Crippen molar-refractivity contribution in [3.8, 4) is 11.6 Å². The fourth-order valence-electron chi connectivity index (χ4n) is 1.71. The third-order valence-electron chi connectivity index (χ3n) is 2.60. The minimum Gasteiger partial charge on any atom is -0.472 e. The second kappa shape index (κ2) is 7.32. The van der Waals surface area contributed by atoms with Gasteiger partial charge >= 0.3 is 6.61 Å². The molecule has 0 saturated carbocycles. The molecule has 1 N–H and O–H groups in total. The van der Waals surface area contributed by atoms with Crippen molar-refractivity contribution < 1.29 is 23.0 Å². The lowest BCUT2D eigenvalue weighted by atomic mass is 10.1. The fraction of sp³-hybridized carbons (Fsp3) is 0.167. The minimum absolute atomic E-state index is 0.0541. The van der Waals surface area contributed by atoms with Crippen LogP contribution in [0.4, 0.5) is 8.78 Å². The second-order valence-electron chi connectivity index (χ2n) is 3.95. The predicted molar refractivity (Wildman–Crippen MR) is 77.3 cm³/mol. The van der Waals surface area contributed by atoms with Crippen LogP contribution in [0.2, 0.25) is 0 Å². The zero-order valence-electron chi connectivity index (χ0n) is 10.9. The number of nitrogens with zero attached hydrogens (tertiary/aromatic N) is 2. The molecule has 6 nitrogen and oxygen atoms in total. The first-order valence-corrected chi connectivity index (χ1v) is 6.64. The molecule has 1 amide bonds. The first-order chi connectivity index (χ1) is 10.5. The van der Waals surface area contributed by atoms with Gasteiger partial charge in [0.05, 0.1) is 5.56 Å². The number of ether oxygens (including phenoxy) is 2. The van der Waals surface area contributed by atoms with E-state index in [4.69, 9.17) is 16.5 Å². The van der Waals surface area contributed by atoms with Gasteiger partial charge in [0.25, 0.3) is 5.91 Å². The predicted octanol–water partition coefficient (Wildman–Crippen LogP) is 2.64. The van der Waals surface area contributed by atoms with Gasteiger partial charge in [-0.25, -0.2) is 4.09 Å². The molecule has 0 fully saturated rings. The zero-order chi connectivity index (χ0) is 16.1. The van der Waals surface area contributed by atoms with Gasteiger partial charge < -0.3 is 9.47 Å². The summed E-state index contributed by atoms with van der Waals surface area (Å²) in [6.07, 6.45) is 1.52. The highest BCUT2D eigenvalue weighted by Crippen LogP contribution is 2.26. The number of thiol groups is 1. The van der Waals surface area contributed by atoms with Gasteiger partial charge in [0.2, 0.25) is 5.88 Å². The summed E-state index contributed by atoms with van der Waals surface area (Å²) in [6.45, 7) is -3.25. The Hall–Kier alpha value is -2.00. The van der Waals surface area contributed by atoms with E-state index < -0.39 is 12.5 Å². The number of alkyl halides is 2. The molecule has 1 heterocycles. The lowest BCUT2D eigenvalue weighted by Crippen LogP contribution is -2.17. The van der Waals surface area contributed by atoms with E-state index in [9.17, 15) is 13.6 Å². The van der Waals surface area contributed by atoms with Crippen LogP contribution < -0.4 is 14.3 Å². The van der Waals surface area contributed by atoms with Gasteiger partial charge in [-0.15, -0.1) is 5.10 Å². The van der Waals surface area contributed by atoms with Crippen LogP contribution in [0, 0.1) is 0 Å². The van der Waals surface area contributed by atoms with Crippen molar-refractivity contribution in [2.24, 2.45) is 0 Å². The lowest BCUT2D eigenvalue weighted by molar-refractivity contribution is -0.0509. The normalized spacial score (nSPS) is 10.6. The van der Waals surface area contributed by atoms with Gasteiger partial charge in [0, 0.05) is 29.6 Å². The van der Waals surface area contributed by atoms with E-state index in [0.29, 0.717) is 0 Å². The van der Waals surface area contributed by atoms with E-state index >= 15 is 0 Å². The summed E-state index contributed by atoms with van der Waals surface area (Å²) < 4.78 is 35.9. The highest BCUT2D eigenvalue weighted by molar-refractivity contribution is 7.78. The summed E-state index contributed by atoms with van der Waals surface area (Å²) in [5.41, 5.74) is 0.174. The van der Waals surface area contributed by atoms with Crippen molar-refractivity contribution in [1.82, 2.24) is 14.0 Å². The molecule has 0 atom stereocenters. The van der Waals surface area contributed by atoms with Crippen LogP contribution in [0.25, 0.3) is 0 Å². The van der Waals surface area contributed by atoms with Gasteiger partial charge in [-0.3, -0.25) is 9.63 Å². The van der Waals surface area contributed by atoms with Gasteiger partial charge in [-0.05, 0) is 24.9 Å². The van der Waals surface area contributed by atoms with Crippen molar-refractivity contribution in [1.29, 1.82) is 0 Å². The largest absolute Gasteiger partial charge is 0.472 e. The SMILES string of the molecule is O=C(NCl)c1cccc(OC(F)F)c1COc1ccn(S)n1. The molecule has 1 aromatic heterocycles. The van der Waals surface area contributed by atoms with Crippen LogP contribution in [0.1, 0.15) is 15.9 Å². The topological polar surface area (TPSA) is 65.4 Å². The number of amides is 1. The van der Waals surface area contributed by atoms with Crippen molar-refractivity contribution in [3.05, 3.63) is 41.6 Å². The summed E-state index contributed by atoms with van der Waals surface area (Å²) in [6, 6.07) is 5.62. The van der Waals surface area contributed by atoms with Crippen LogP contribution in [-0.2, 0) is 6.61 Å². The molecule has 0 saturated heterocycles. The number of aromatic nitrogens is 2. The Bertz CT molecular complexity index is 669. The number of hydrogen-bond acceptors (Lipinski definition) is 5. The van der Waals surface area contributed by atoms with Gasteiger partial charge in [-0.2, -0.15) is 8.78 Å². The number of rotatable bonds is 6. The molecule has 0 unspecified atom stereocenters. The molecule has 10 heteroatoms. The quantitative estimate of drug-likeness (QED) is 0.621. The molecule has 1 aromatic carbocycles. The average molecular weight is 350 g/mol. The molecule has 118 valence electrons. The molecule has 2 aromatic rings. The monoisotopic (exact) mass is 349 g/mol. The van der Waals surface area contributed by atoms with Crippen molar-refractivity contribution in [2.75, 3.05) is 0 Å². The third-order valence-corrected chi connectivity index (χ3v) is 2.99. The molecule has 0 aliphatic carbocycles. The second-order valence-corrected chi connectivity index (χ2v) is 4.55. The summed E-state index contributed by atoms with van der Waals surface area (Å²) in [7, 11) is 0. The van der Waals surface area contributed by atoms with Gasteiger partial charge in [-0.1, -0.05) is 6.07 Å². The molecular formula is C12H10ClF2N3O3S. The Morgan fingerprint density at radius 1 is 1.45 bits per heavy atom. The van der Waals surface area contributed by atoms with E-state index in [2.05, 4.69) is 22.7 Å². The van der Waals surface area contributed by atoms with Crippen molar-refractivity contribution in [2.45, 2.75) is 13.2 Å². The number of halogens is 3. The number of carbonyl (C=O) groups excluding carboxylic acids is 1. The Morgan fingerprint density at radius 2 is 2.23 bits per heavy atom. The van der Waals surface area contributed by atoms with Crippen LogP contribution in [0.3, 0.4) is 0 Å². The van der Waals surface area contributed by atoms with Crippen LogP contribution in [-0.4, -0.2) is 21.7 Å². The maximum atomic E-state index is 12.5. The molecular weight excluding hydrogens is 340 g/mol. The highest BCUT2D eigenvalue weighted by atomic mass is 35.5. The number of hydrogen-bond donors (Lipinski definition) is 2. The number of carbonyl (C=O) groups is 1. The number of nitrogens with one attached hydrogen (secondary N) is 1. The van der Waals surface area contributed by atoms with E-state index in [-0.39, 0.29) is 29.4 Å². The summed E-state index contributed by atoms with van der Waals surface area (Å²) in [5.74, 6) is -0.642. The van der Waals surface area contributed by atoms with E-state index in [0.717, 1.165) is 0 Å². The number of benzene rings is 1. The molecule has 0 spiro atoms. The molecule has 0 aliphatic rings. The minimum atomic E-state index is -3.04. The van der Waals surface area contributed by atoms with Crippen LogP contribution in [0.5, 0.6) is 11.6 Å². The first kappa shape index (κ1) is 16.4. The Balaban J connectivity index is 2.29. The van der Waals surface area contributed by atoms with Crippen LogP contribution in [0.15, 0.2) is 30.5 Å². The van der Waals surface area contributed by atoms with Crippen molar-refractivity contribution >= 4 is 30.5 Å². The fourth-order valence-corrected chi connectivity index (χ4v) is 1.96. The smallest absolute Gasteiger partial charge is 0.387 e. The Kier molecular flexibility index (Phi) is 5.45. The summed E-state index contributed by atoms with van der Waals surface area (Å²) >= 11 is 9.22. The highest BCUT2D eigenvalue weighted by Gasteiger charge is 2.18. The summed E-state index contributed by atoms with van der Waals surface area (Å²) in [4.78, 5) is 13.6. The molecule has 0 radical (unpaired) electrons.